The number of rotatable bonds is 0. The Kier molecular flexibility index (Phi) is 2.98. The minimum Gasteiger partial charge on any atom is -0.462 e. The highest BCUT2D eigenvalue weighted by Crippen LogP contribution is 2.64. The molecule has 0 aromatic heterocycles. The van der Waals surface area contributed by atoms with Crippen molar-refractivity contribution in [1.82, 2.24) is 0 Å². The van der Waals surface area contributed by atoms with E-state index in [1.165, 1.54) is 0 Å². The number of hydrogen-bond acceptors (Lipinski definition) is 8. The van der Waals surface area contributed by atoms with Gasteiger partial charge in [-0.3, -0.25) is 9.59 Å². The molecule has 0 unspecified atom stereocenters. The Morgan fingerprint density at radius 2 is 1.89 bits per heavy atom. The summed E-state index contributed by atoms with van der Waals surface area (Å²) in [4.78, 5) is 25.0. The van der Waals surface area contributed by atoms with Gasteiger partial charge in [-0.2, -0.15) is 0 Å². The highest BCUT2D eigenvalue weighted by Gasteiger charge is 2.76. The molecule has 5 heterocycles. The van der Waals surface area contributed by atoms with Gasteiger partial charge in [-0.05, 0) is 31.9 Å². The molecular weight excluding hydrogens is 368 g/mol. The number of hydrogen-bond donors (Lipinski definition) is 2. The molecule has 1 spiro atoms. The van der Waals surface area contributed by atoms with Gasteiger partial charge in [-0.15, -0.1) is 0 Å². The number of fused-ring (bicyclic) bond motifs is 5. The van der Waals surface area contributed by atoms with E-state index in [1.807, 2.05) is 0 Å². The van der Waals surface area contributed by atoms with Gasteiger partial charge in [0, 0.05) is 18.3 Å². The first-order chi connectivity index (χ1) is 13.1. The predicted octanol–water partition coefficient (Wildman–Crippen LogP) is 0.257. The molecule has 0 radical (unpaired) electrons. The fourth-order valence-corrected chi connectivity index (χ4v) is 6.90. The lowest BCUT2D eigenvalue weighted by Gasteiger charge is -2.53. The van der Waals surface area contributed by atoms with E-state index < -0.39 is 59.2 Å². The van der Waals surface area contributed by atoms with E-state index in [9.17, 15) is 19.8 Å². The standard InChI is InChI=1S/C20H24O8/c1-7-5-19-14-12-11(6-18(14,3)23)25-17(22)13(12)10(27-19)4-9-8(2)16(21)26-15(9)20(7,24)28-19/h5,8-15,23-24H,4,6H2,1-3H3/t8-,9-,10+,11-,12+,13-,14-,15-,18+,19-,20-/m1/s1. The third-order valence-corrected chi connectivity index (χ3v) is 8.06. The number of carbonyl (C=O) groups is 2. The average Bonchev–Trinajstić information content (AvgIpc) is 3.21. The van der Waals surface area contributed by atoms with Crippen molar-refractivity contribution >= 4 is 11.9 Å². The van der Waals surface area contributed by atoms with Crippen molar-refractivity contribution in [3.63, 3.8) is 0 Å². The molecule has 28 heavy (non-hydrogen) atoms. The highest BCUT2D eigenvalue weighted by molar-refractivity contribution is 5.77. The molecule has 2 N–H and O–H groups in total. The van der Waals surface area contributed by atoms with Crippen molar-refractivity contribution in [3.8, 4) is 0 Å². The minimum absolute atomic E-state index is 0.266. The van der Waals surface area contributed by atoms with Crippen molar-refractivity contribution < 1.29 is 38.7 Å². The molecule has 4 saturated heterocycles. The van der Waals surface area contributed by atoms with Crippen LogP contribution in [0.1, 0.15) is 33.6 Å². The summed E-state index contributed by atoms with van der Waals surface area (Å²) in [6, 6.07) is 0. The average molecular weight is 392 g/mol. The zero-order valence-corrected chi connectivity index (χ0v) is 16.0. The summed E-state index contributed by atoms with van der Waals surface area (Å²) in [6.45, 7) is 5.18. The molecule has 8 heteroatoms. The zero-order chi connectivity index (χ0) is 19.8. The lowest BCUT2D eigenvalue weighted by molar-refractivity contribution is -0.390. The summed E-state index contributed by atoms with van der Waals surface area (Å²) in [7, 11) is 0. The molecule has 0 amide bonds. The van der Waals surface area contributed by atoms with Crippen molar-refractivity contribution in [2.24, 2.45) is 29.6 Å². The Labute approximate surface area is 161 Å². The third kappa shape index (κ3) is 1.77. The maximum absolute atomic E-state index is 12.7. The molecule has 1 saturated carbocycles. The quantitative estimate of drug-likeness (QED) is 0.446. The molecule has 3 bridgehead atoms. The van der Waals surface area contributed by atoms with Crippen LogP contribution < -0.4 is 0 Å². The molecule has 6 aliphatic rings. The molecule has 0 aromatic rings. The molecule has 152 valence electrons. The van der Waals surface area contributed by atoms with Crippen LogP contribution in [0.15, 0.2) is 11.6 Å². The Hall–Kier alpha value is -1.48. The monoisotopic (exact) mass is 392 g/mol. The van der Waals surface area contributed by atoms with Crippen LogP contribution >= 0.6 is 0 Å². The molecule has 6 rings (SSSR count). The van der Waals surface area contributed by atoms with Crippen molar-refractivity contribution in [1.29, 1.82) is 0 Å². The second-order valence-electron chi connectivity index (χ2n) is 9.67. The molecule has 5 fully saturated rings. The smallest absolute Gasteiger partial charge is 0.312 e. The molecular formula is C20H24O8. The first-order valence-corrected chi connectivity index (χ1v) is 10.0. The van der Waals surface area contributed by atoms with Gasteiger partial charge in [0.25, 0.3) is 0 Å². The van der Waals surface area contributed by atoms with Gasteiger partial charge in [-0.1, -0.05) is 6.92 Å². The van der Waals surface area contributed by atoms with E-state index in [0.29, 0.717) is 18.4 Å². The van der Waals surface area contributed by atoms with Crippen molar-refractivity contribution in [3.05, 3.63) is 11.6 Å². The topological polar surface area (TPSA) is 112 Å². The molecule has 11 atom stereocenters. The molecule has 1 aliphatic carbocycles. The van der Waals surface area contributed by atoms with Gasteiger partial charge in [0.2, 0.25) is 5.79 Å². The van der Waals surface area contributed by atoms with Crippen LogP contribution in [0.4, 0.5) is 0 Å². The van der Waals surface area contributed by atoms with Crippen molar-refractivity contribution in [2.75, 3.05) is 0 Å². The van der Waals surface area contributed by atoms with Gasteiger partial charge < -0.3 is 29.2 Å². The minimum atomic E-state index is -1.82. The SMILES string of the molecule is CC1=C[C@@]23O[C@@H](C[C@H]4[C@@H](OC(=O)[C@@H]4C)[C@]1(O)O2)[C@H]1C(=O)O[C@@H]2C[C@](C)(O)[C@H]3[C@H]12. The van der Waals surface area contributed by atoms with Gasteiger partial charge in [0.1, 0.15) is 6.10 Å². The van der Waals surface area contributed by atoms with Gasteiger partial charge >= 0.3 is 11.9 Å². The van der Waals surface area contributed by atoms with Gasteiger partial charge in [-0.25, -0.2) is 0 Å². The summed E-state index contributed by atoms with van der Waals surface area (Å²) in [5.41, 5.74) is -0.701. The van der Waals surface area contributed by atoms with Gasteiger partial charge in [0.05, 0.1) is 29.5 Å². The Balaban J connectivity index is 1.55. The molecule has 5 aliphatic heterocycles. The van der Waals surface area contributed by atoms with Crippen LogP contribution in [-0.4, -0.2) is 57.6 Å². The summed E-state index contributed by atoms with van der Waals surface area (Å²) in [5.74, 6) is -6.09. The normalized spacial score (nSPS) is 61.1. The Bertz CT molecular complexity index is 834. The second-order valence-corrected chi connectivity index (χ2v) is 9.67. The fraction of sp³-hybridized carbons (Fsp3) is 0.800. The van der Waals surface area contributed by atoms with Gasteiger partial charge in [0.15, 0.2) is 11.9 Å². The van der Waals surface area contributed by atoms with Crippen LogP contribution in [0, 0.1) is 29.6 Å². The Morgan fingerprint density at radius 3 is 2.64 bits per heavy atom. The van der Waals surface area contributed by atoms with Crippen molar-refractivity contribution in [2.45, 2.75) is 69.1 Å². The molecule has 0 aromatic carbocycles. The number of ether oxygens (including phenoxy) is 4. The lowest BCUT2D eigenvalue weighted by atomic mass is 9.68. The van der Waals surface area contributed by atoms with E-state index >= 15 is 0 Å². The van der Waals surface area contributed by atoms with E-state index in [4.69, 9.17) is 18.9 Å². The van der Waals surface area contributed by atoms with E-state index in [2.05, 4.69) is 0 Å². The van der Waals surface area contributed by atoms with Crippen LogP contribution in [-0.2, 0) is 28.5 Å². The summed E-state index contributed by atoms with van der Waals surface area (Å²) in [6.07, 6.45) is 0.569. The van der Waals surface area contributed by atoms with Crippen LogP contribution in [0.5, 0.6) is 0 Å². The van der Waals surface area contributed by atoms with E-state index in [0.717, 1.165) is 0 Å². The first kappa shape index (κ1) is 17.4. The van der Waals surface area contributed by atoms with Crippen LogP contribution in [0.3, 0.4) is 0 Å². The number of aliphatic hydroxyl groups is 2. The van der Waals surface area contributed by atoms with E-state index in [-0.39, 0.29) is 17.8 Å². The van der Waals surface area contributed by atoms with Crippen LogP contribution in [0.25, 0.3) is 0 Å². The van der Waals surface area contributed by atoms with E-state index in [1.54, 1.807) is 26.8 Å². The highest BCUT2D eigenvalue weighted by atomic mass is 16.8. The summed E-state index contributed by atoms with van der Waals surface area (Å²) in [5, 5.41) is 22.7. The zero-order valence-electron chi connectivity index (χ0n) is 16.0. The lowest BCUT2D eigenvalue weighted by Crippen LogP contribution is -2.64. The predicted molar refractivity (Wildman–Crippen MR) is 90.1 cm³/mol. The summed E-state index contributed by atoms with van der Waals surface area (Å²) < 4.78 is 23.8. The third-order valence-electron chi connectivity index (χ3n) is 8.06. The maximum atomic E-state index is 12.7. The number of esters is 2. The summed E-state index contributed by atoms with van der Waals surface area (Å²) >= 11 is 0. The molecule has 8 nitrogen and oxygen atoms in total. The Morgan fingerprint density at radius 1 is 1.14 bits per heavy atom. The fourth-order valence-electron chi connectivity index (χ4n) is 6.90. The first-order valence-electron chi connectivity index (χ1n) is 10.0. The largest absolute Gasteiger partial charge is 0.462 e. The maximum Gasteiger partial charge on any atom is 0.312 e. The second kappa shape index (κ2) is 4.80. The van der Waals surface area contributed by atoms with Crippen LogP contribution in [0.2, 0.25) is 0 Å². The number of carbonyl (C=O) groups excluding carboxylic acids is 2.